The molecule has 0 saturated carbocycles. The number of amides is 1. The van der Waals surface area contributed by atoms with Crippen molar-refractivity contribution in [2.24, 2.45) is 0 Å². The second-order valence-electron chi connectivity index (χ2n) is 5.40. The van der Waals surface area contributed by atoms with Crippen molar-refractivity contribution in [2.75, 3.05) is 13.2 Å². The Balaban J connectivity index is 2.94. The third kappa shape index (κ3) is 3.33. The molecule has 106 valence electrons. The molecule has 19 heavy (non-hydrogen) atoms. The Bertz CT molecular complexity index is 402. The molecule has 0 heterocycles. The van der Waals surface area contributed by atoms with Crippen LogP contribution in [0.4, 0.5) is 0 Å². The Morgan fingerprint density at radius 2 is 1.68 bits per heavy atom. The summed E-state index contributed by atoms with van der Waals surface area (Å²) in [5.74, 6) is -0.205. The van der Waals surface area contributed by atoms with Crippen LogP contribution in [0.2, 0.25) is 0 Å². The standard InChI is InChI=1S/C15H23NO3/c1-4-15(10-17,11-18)16-13(19)14(2,3)12-8-6-5-7-9-12/h5-9,17-18H,4,10-11H2,1-3H3,(H,16,19). The fraction of sp³-hybridized carbons (Fsp3) is 0.533. The van der Waals surface area contributed by atoms with E-state index in [9.17, 15) is 15.0 Å². The summed E-state index contributed by atoms with van der Waals surface area (Å²) >= 11 is 0. The first-order valence-electron chi connectivity index (χ1n) is 6.52. The Hall–Kier alpha value is -1.39. The van der Waals surface area contributed by atoms with Crippen LogP contribution in [0.3, 0.4) is 0 Å². The maximum absolute atomic E-state index is 12.4. The predicted octanol–water partition coefficient (Wildman–Crippen LogP) is 1.21. The van der Waals surface area contributed by atoms with Crippen molar-refractivity contribution < 1.29 is 15.0 Å². The highest BCUT2D eigenvalue weighted by Crippen LogP contribution is 2.24. The van der Waals surface area contributed by atoms with Gasteiger partial charge in [0.1, 0.15) is 0 Å². The predicted molar refractivity (Wildman–Crippen MR) is 74.8 cm³/mol. The van der Waals surface area contributed by atoms with E-state index in [0.717, 1.165) is 5.56 Å². The van der Waals surface area contributed by atoms with Crippen molar-refractivity contribution in [3.05, 3.63) is 35.9 Å². The lowest BCUT2D eigenvalue weighted by molar-refractivity contribution is -0.129. The summed E-state index contributed by atoms with van der Waals surface area (Å²) in [6.07, 6.45) is 0.469. The first-order valence-corrected chi connectivity index (χ1v) is 6.52. The number of benzene rings is 1. The van der Waals surface area contributed by atoms with Crippen LogP contribution in [0.1, 0.15) is 32.8 Å². The van der Waals surface area contributed by atoms with Crippen molar-refractivity contribution in [3.8, 4) is 0 Å². The lowest BCUT2D eigenvalue weighted by Crippen LogP contribution is -2.57. The topological polar surface area (TPSA) is 69.6 Å². The fourth-order valence-electron chi connectivity index (χ4n) is 1.82. The van der Waals surface area contributed by atoms with Crippen LogP contribution >= 0.6 is 0 Å². The number of nitrogens with one attached hydrogen (secondary N) is 1. The lowest BCUT2D eigenvalue weighted by atomic mass is 9.82. The number of aliphatic hydroxyl groups excluding tert-OH is 2. The van der Waals surface area contributed by atoms with Gasteiger partial charge < -0.3 is 15.5 Å². The molecule has 0 bridgehead atoms. The van der Waals surface area contributed by atoms with Gasteiger partial charge in [-0.3, -0.25) is 4.79 Å². The van der Waals surface area contributed by atoms with Crippen LogP contribution in [-0.2, 0) is 10.2 Å². The normalized spacial score (nSPS) is 12.3. The Kier molecular flexibility index (Phi) is 5.09. The van der Waals surface area contributed by atoms with Gasteiger partial charge in [-0.1, -0.05) is 37.3 Å². The highest BCUT2D eigenvalue weighted by atomic mass is 16.3. The van der Waals surface area contributed by atoms with Gasteiger partial charge in [-0.25, -0.2) is 0 Å². The molecule has 0 radical (unpaired) electrons. The number of hydrogen-bond acceptors (Lipinski definition) is 3. The van der Waals surface area contributed by atoms with E-state index in [1.165, 1.54) is 0 Å². The number of aliphatic hydroxyl groups is 2. The van der Waals surface area contributed by atoms with E-state index in [2.05, 4.69) is 5.32 Å². The summed E-state index contributed by atoms with van der Waals surface area (Å²) in [7, 11) is 0. The SMILES string of the molecule is CCC(CO)(CO)NC(=O)C(C)(C)c1ccccc1. The van der Waals surface area contributed by atoms with E-state index >= 15 is 0 Å². The molecule has 4 heteroatoms. The smallest absolute Gasteiger partial charge is 0.230 e. The third-order valence-electron chi connectivity index (χ3n) is 3.72. The first kappa shape index (κ1) is 15.7. The number of carbonyl (C=O) groups excluding carboxylic acids is 1. The molecular weight excluding hydrogens is 242 g/mol. The average molecular weight is 265 g/mol. The molecule has 0 saturated heterocycles. The van der Waals surface area contributed by atoms with Crippen molar-refractivity contribution in [2.45, 2.75) is 38.1 Å². The monoisotopic (exact) mass is 265 g/mol. The lowest BCUT2D eigenvalue weighted by Gasteiger charge is -2.34. The maximum Gasteiger partial charge on any atom is 0.230 e. The van der Waals surface area contributed by atoms with Gasteiger partial charge in [0.05, 0.1) is 24.2 Å². The van der Waals surface area contributed by atoms with Gasteiger partial charge in [0.15, 0.2) is 0 Å². The molecule has 0 spiro atoms. The van der Waals surface area contributed by atoms with Crippen molar-refractivity contribution in [1.82, 2.24) is 5.32 Å². The van der Waals surface area contributed by atoms with Gasteiger partial charge in [0.25, 0.3) is 0 Å². The highest BCUT2D eigenvalue weighted by molar-refractivity contribution is 5.87. The Morgan fingerprint density at radius 3 is 2.11 bits per heavy atom. The zero-order valence-corrected chi connectivity index (χ0v) is 11.8. The van der Waals surface area contributed by atoms with Crippen molar-refractivity contribution in [3.63, 3.8) is 0 Å². The number of hydrogen-bond donors (Lipinski definition) is 3. The zero-order chi connectivity index (χ0) is 14.5. The Labute approximate surface area is 114 Å². The molecule has 0 aromatic heterocycles. The third-order valence-corrected chi connectivity index (χ3v) is 3.72. The highest BCUT2D eigenvalue weighted by Gasteiger charge is 2.36. The summed E-state index contributed by atoms with van der Waals surface area (Å²) in [5, 5.41) is 21.6. The van der Waals surface area contributed by atoms with Gasteiger partial charge in [-0.15, -0.1) is 0 Å². The number of carbonyl (C=O) groups is 1. The minimum Gasteiger partial charge on any atom is -0.394 e. The molecule has 0 aliphatic carbocycles. The quantitative estimate of drug-likeness (QED) is 0.724. The van der Waals surface area contributed by atoms with Gasteiger partial charge in [-0.2, -0.15) is 0 Å². The van der Waals surface area contributed by atoms with Crippen LogP contribution in [0.15, 0.2) is 30.3 Å². The molecule has 0 aliphatic heterocycles. The van der Waals surface area contributed by atoms with Gasteiger partial charge >= 0.3 is 0 Å². The van der Waals surface area contributed by atoms with E-state index in [0.29, 0.717) is 6.42 Å². The summed E-state index contributed by atoms with van der Waals surface area (Å²) in [4.78, 5) is 12.4. The van der Waals surface area contributed by atoms with Crippen molar-refractivity contribution in [1.29, 1.82) is 0 Å². The van der Waals surface area contributed by atoms with E-state index in [1.807, 2.05) is 51.1 Å². The van der Waals surface area contributed by atoms with Gasteiger partial charge in [0, 0.05) is 0 Å². The van der Waals surface area contributed by atoms with E-state index in [-0.39, 0.29) is 19.1 Å². The molecule has 1 aromatic rings. The van der Waals surface area contributed by atoms with Crippen LogP contribution < -0.4 is 5.32 Å². The molecule has 3 N–H and O–H groups in total. The second-order valence-corrected chi connectivity index (χ2v) is 5.40. The molecule has 0 fully saturated rings. The molecule has 1 rings (SSSR count). The summed E-state index contributed by atoms with van der Waals surface area (Å²) < 4.78 is 0. The first-order chi connectivity index (χ1) is 8.91. The van der Waals surface area contributed by atoms with Crippen LogP contribution in [-0.4, -0.2) is 34.9 Å². The molecule has 1 aromatic carbocycles. The minimum absolute atomic E-state index is 0.205. The van der Waals surface area contributed by atoms with E-state index < -0.39 is 11.0 Å². The van der Waals surface area contributed by atoms with E-state index in [4.69, 9.17) is 0 Å². The average Bonchev–Trinajstić information content (AvgIpc) is 2.45. The zero-order valence-electron chi connectivity index (χ0n) is 11.8. The summed E-state index contributed by atoms with van der Waals surface area (Å²) in [5.41, 5.74) is -0.775. The molecule has 0 aliphatic rings. The molecular formula is C15H23NO3. The van der Waals surface area contributed by atoms with E-state index in [1.54, 1.807) is 0 Å². The van der Waals surface area contributed by atoms with Crippen LogP contribution in [0.5, 0.6) is 0 Å². The Morgan fingerprint density at radius 1 is 1.16 bits per heavy atom. The molecule has 0 atom stereocenters. The largest absolute Gasteiger partial charge is 0.394 e. The summed E-state index contributed by atoms with van der Waals surface area (Å²) in [6, 6.07) is 9.45. The second kappa shape index (κ2) is 6.17. The minimum atomic E-state index is -0.955. The van der Waals surface area contributed by atoms with Crippen LogP contribution in [0.25, 0.3) is 0 Å². The summed E-state index contributed by atoms with van der Waals surface area (Å²) in [6.45, 7) is 4.91. The molecule has 1 amide bonds. The van der Waals surface area contributed by atoms with Gasteiger partial charge in [0.2, 0.25) is 5.91 Å². The molecule has 4 nitrogen and oxygen atoms in total. The molecule has 0 unspecified atom stereocenters. The fourth-order valence-corrected chi connectivity index (χ4v) is 1.82. The maximum atomic E-state index is 12.4. The van der Waals surface area contributed by atoms with Crippen molar-refractivity contribution >= 4 is 5.91 Å². The number of rotatable bonds is 6. The van der Waals surface area contributed by atoms with Crippen LogP contribution in [0, 0.1) is 0 Å². The van der Waals surface area contributed by atoms with Gasteiger partial charge in [-0.05, 0) is 25.8 Å².